The van der Waals surface area contributed by atoms with Crippen LogP contribution in [0.25, 0.3) is 0 Å². The van der Waals surface area contributed by atoms with Crippen LogP contribution in [0.3, 0.4) is 0 Å². The van der Waals surface area contributed by atoms with Gasteiger partial charge in [0, 0.05) is 11.8 Å². The highest BCUT2D eigenvalue weighted by atomic mass is 79.9. The predicted octanol–water partition coefficient (Wildman–Crippen LogP) is 4.52. The van der Waals surface area contributed by atoms with Crippen molar-refractivity contribution in [2.75, 3.05) is 0 Å². The van der Waals surface area contributed by atoms with Crippen LogP contribution in [-0.2, 0) is 6.54 Å². The molecule has 1 aromatic heterocycles. The van der Waals surface area contributed by atoms with Gasteiger partial charge in [-0.3, -0.25) is 4.68 Å². The molecule has 96 valence electrons. The number of hydrogen-bond acceptors (Lipinski definition) is 1. The van der Waals surface area contributed by atoms with Crippen molar-refractivity contribution in [2.24, 2.45) is 0 Å². The highest BCUT2D eigenvalue weighted by Gasteiger charge is 2.10. The van der Waals surface area contributed by atoms with E-state index in [-0.39, 0.29) is 11.2 Å². The molecule has 0 amide bonds. The second-order valence-electron chi connectivity index (χ2n) is 4.06. The van der Waals surface area contributed by atoms with Crippen LogP contribution >= 0.6 is 27.5 Å². The summed E-state index contributed by atoms with van der Waals surface area (Å²) in [6.45, 7) is 2.55. The van der Waals surface area contributed by atoms with E-state index in [1.54, 1.807) is 16.9 Å². The maximum atomic E-state index is 13.4. The molecule has 2 aromatic rings. The molecule has 1 unspecified atom stereocenters. The molecule has 1 aromatic carbocycles. The van der Waals surface area contributed by atoms with Gasteiger partial charge in [-0.2, -0.15) is 5.10 Å². The summed E-state index contributed by atoms with van der Waals surface area (Å²) in [5.74, 6) is -0.261. The fraction of sp³-hybridized carbons (Fsp3) is 0.308. The smallest absolute Gasteiger partial charge is 0.137 e. The summed E-state index contributed by atoms with van der Waals surface area (Å²) < 4.78 is 15.6. The average molecular weight is 332 g/mol. The molecule has 0 saturated carbocycles. The zero-order valence-corrected chi connectivity index (χ0v) is 12.2. The molecule has 5 heteroatoms. The van der Waals surface area contributed by atoms with E-state index in [0.29, 0.717) is 11.0 Å². The average Bonchev–Trinajstić information content (AvgIpc) is 2.82. The Morgan fingerprint density at radius 1 is 1.50 bits per heavy atom. The molecule has 0 spiro atoms. The van der Waals surface area contributed by atoms with Gasteiger partial charge in [-0.05, 0) is 34.0 Å². The van der Waals surface area contributed by atoms with Crippen molar-refractivity contribution in [3.8, 4) is 0 Å². The largest absolute Gasteiger partial charge is 0.268 e. The van der Waals surface area contributed by atoms with Gasteiger partial charge in [-0.15, -0.1) is 11.6 Å². The summed E-state index contributed by atoms with van der Waals surface area (Å²) in [6.07, 6.45) is 4.52. The van der Waals surface area contributed by atoms with E-state index in [4.69, 9.17) is 11.6 Å². The third-order valence-corrected chi connectivity index (χ3v) is 4.19. The van der Waals surface area contributed by atoms with E-state index < -0.39 is 0 Å². The Morgan fingerprint density at radius 2 is 2.28 bits per heavy atom. The summed E-state index contributed by atoms with van der Waals surface area (Å²) in [5, 5.41) is 4.22. The maximum Gasteiger partial charge on any atom is 0.137 e. The first-order valence-corrected chi connectivity index (χ1v) is 6.94. The number of rotatable bonds is 4. The monoisotopic (exact) mass is 330 g/mol. The standard InChI is InChI=1S/C13H13BrClFN2/c1-2-11(15)10-6-17-18(8-10)7-9-4-3-5-12(16)13(9)14/h3-6,8,11H,2,7H2,1H3. The van der Waals surface area contributed by atoms with Crippen LogP contribution < -0.4 is 0 Å². The van der Waals surface area contributed by atoms with Crippen LogP contribution in [0.5, 0.6) is 0 Å². The lowest BCUT2D eigenvalue weighted by Crippen LogP contribution is -2.01. The number of alkyl halides is 1. The summed E-state index contributed by atoms with van der Waals surface area (Å²) in [6, 6.07) is 4.98. The van der Waals surface area contributed by atoms with Gasteiger partial charge in [0.25, 0.3) is 0 Å². The lowest BCUT2D eigenvalue weighted by atomic mass is 10.2. The van der Waals surface area contributed by atoms with Crippen molar-refractivity contribution in [3.63, 3.8) is 0 Å². The summed E-state index contributed by atoms with van der Waals surface area (Å²) in [4.78, 5) is 0. The Kier molecular flexibility index (Phi) is 4.40. The van der Waals surface area contributed by atoms with Crippen molar-refractivity contribution >= 4 is 27.5 Å². The molecule has 0 N–H and O–H groups in total. The molecule has 0 saturated heterocycles. The third-order valence-electron chi connectivity index (χ3n) is 2.74. The van der Waals surface area contributed by atoms with Crippen LogP contribution in [0.2, 0.25) is 0 Å². The summed E-state index contributed by atoms with van der Waals surface area (Å²) in [5.41, 5.74) is 1.85. The Bertz CT molecular complexity index is 542. The fourth-order valence-electron chi connectivity index (χ4n) is 1.71. The molecule has 2 rings (SSSR count). The van der Waals surface area contributed by atoms with E-state index in [9.17, 15) is 4.39 Å². The van der Waals surface area contributed by atoms with Gasteiger partial charge >= 0.3 is 0 Å². The van der Waals surface area contributed by atoms with Gasteiger partial charge in [0.15, 0.2) is 0 Å². The summed E-state index contributed by atoms with van der Waals surface area (Å²) in [7, 11) is 0. The van der Waals surface area contributed by atoms with Crippen molar-refractivity contribution in [1.82, 2.24) is 9.78 Å². The zero-order valence-electron chi connectivity index (χ0n) is 9.91. The molecule has 0 fully saturated rings. The van der Waals surface area contributed by atoms with E-state index in [1.165, 1.54) is 6.07 Å². The molecule has 0 aliphatic carbocycles. The molecule has 1 atom stereocenters. The van der Waals surface area contributed by atoms with E-state index >= 15 is 0 Å². The normalized spacial score (nSPS) is 12.7. The lowest BCUT2D eigenvalue weighted by Gasteiger charge is -2.05. The molecule has 2 nitrogen and oxygen atoms in total. The van der Waals surface area contributed by atoms with Crippen molar-refractivity contribution in [2.45, 2.75) is 25.3 Å². The number of hydrogen-bond donors (Lipinski definition) is 0. The van der Waals surface area contributed by atoms with Crippen LogP contribution in [0.15, 0.2) is 35.1 Å². The fourth-order valence-corrected chi connectivity index (χ4v) is 2.21. The molecule has 1 heterocycles. The first kappa shape index (κ1) is 13.6. The van der Waals surface area contributed by atoms with Crippen LogP contribution in [0.4, 0.5) is 4.39 Å². The van der Waals surface area contributed by atoms with Crippen LogP contribution in [0, 0.1) is 5.82 Å². The minimum Gasteiger partial charge on any atom is -0.268 e. The SMILES string of the molecule is CCC(Cl)c1cnn(Cc2cccc(F)c2Br)c1. The minimum absolute atomic E-state index is 0.0188. The second-order valence-corrected chi connectivity index (χ2v) is 5.38. The third kappa shape index (κ3) is 2.93. The van der Waals surface area contributed by atoms with Crippen molar-refractivity contribution in [3.05, 3.63) is 52.0 Å². The molecule has 0 radical (unpaired) electrons. The molecular weight excluding hydrogens is 319 g/mol. The molecule has 0 aliphatic heterocycles. The lowest BCUT2D eigenvalue weighted by molar-refractivity contribution is 0.611. The topological polar surface area (TPSA) is 17.8 Å². The quantitative estimate of drug-likeness (QED) is 0.753. The van der Waals surface area contributed by atoms with Crippen LogP contribution in [0.1, 0.15) is 29.8 Å². The van der Waals surface area contributed by atoms with Gasteiger partial charge in [0.1, 0.15) is 5.82 Å². The Hall–Kier alpha value is -0.870. The van der Waals surface area contributed by atoms with Gasteiger partial charge in [-0.1, -0.05) is 19.1 Å². The summed E-state index contributed by atoms with van der Waals surface area (Å²) >= 11 is 9.39. The Labute approximate surface area is 119 Å². The highest BCUT2D eigenvalue weighted by molar-refractivity contribution is 9.10. The first-order chi connectivity index (χ1) is 8.61. The predicted molar refractivity (Wildman–Crippen MR) is 74.3 cm³/mol. The van der Waals surface area contributed by atoms with E-state index in [0.717, 1.165) is 17.5 Å². The van der Waals surface area contributed by atoms with Gasteiger partial charge in [-0.25, -0.2) is 4.39 Å². The molecule has 0 bridgehead atoms. The second kappa shape index (κ2) is 5.85. The van der Waals surface area contributed by atoms with Gasteiger partial charge < -0.3 is 0 Å². The van der Waals surface area contributed by atoms with Gasteiger partial charge in [0.05, 0.1) is 22.6 Å². The number of nitrogens with zero attached hydrogens (tertiary/aromatic N) is 2. The van der Waals surface area contributed by atoms with Crippen LogP contribution in [-0.4, -0.2) is 9.78 Å². The Morgan fingerprint density at radius 3 is 3.00 bits per heavy atom. The molecular formula is C13H13BrClFN2. The van der Waals surface area contributed by atoms with E-state index in [1.807, 2.05) is 19.2 Å². The van der Waals surface area contributed by atoms with Crippen molar-refractivity contribution < 1.29 is 4.39 Å². The molecule has 0 aliphatic rings. The van der Waals surface area contributed by atoms with Gasteiger partial charge in [0.2, 0.25) is 0 Å². The maximum absolute atomic E-state index is 13.4. The molecule has 18 heavy (non-hydrogen) atoms. The number of benzene rings is 1. The zero-order chi connectivity index (χ0) is 13.1. The minimum atomic E-state index is -0.261. The van der Waals surface area contributed by atoms with E-state index in [2.05, 4.69) is 21.0 Å². The van der Waals surface area contributed by atoms with Crippen molar-refractivity contribution in [1.29, 1.82) is 0 Å². The first-order valence-electron chi connectivity index (χ1n) is 5.71. The number of halogens is 3. The Balaban J connectivity index is 2.19. The number of aromatic nitrogens is 2. The highest BCUT2D eigenvalue weighted by Crippen LogP contribution is 2.24.